The maximum Gasteiger partial charge on any atom is 0.409 e. The Labute approximate surface area is 91.8 Å². The van der Waals surface area contributed by atoms with E-state index in [1.807, 2.05) is 13.8 Å². The van der Waals surface area contributed by atoms with Crippen LogP contribution in [0.25, 0.3) is 0 Å². The highest BCUT2D eigenvalue weighted by Crippen LogP contribution is 2.28. The van der Waals surface area contributed by atoms with Crippen molar-refractivity contribution in [2.24, 2.45) is 17.1 Å². The van der Waals surface area contributed by atoms with E-state index in [2.05, 4.69) is 6.92 Å². The largest absolute Gasteiger partial charge is 0.449 e. The van der Waals surface area contributed by atoms with E-state index >= 15 is 0 Å². The Morgan fingerprint density at radius 1 is 1.60 bits per heavy atom. The van der Waals surface area contributed by atoms with Gasteiger partial charge in [0.15, 0.2) is 0 Å². The van der Waals surface area contributed by atoms with E-state index in [9.17, 15) is 4.79 Å². The average Bonchev–Trinajstić information content (AvgIpc) is 2.58. The van der Waals surface area contributed by atoms with Crippen molar-refractivity contribution in [3.05, 3.63) is 0 Å². The third-order valence-electron chi connectivity index (χ3n) is 2.85. The quantitative estimate of drug-likeness (QED) is 0.773. The molecule has 0 spiro atoms. The molecule has 1 atom stereocenters. The lowest BCUT2D eigenvalue weighted by Gasteiger charge is -2.22. The van der Waals surface area contributed by atoms with Crippen LogP contribution in [0.3, 0.4) is 0 Å². The van der Waals surface area contributed by atoms with E-state index in [0.717, 1.165) is 19.5 Å². The molecule has 0 aromatic carbocycles. The van der Waals surface area contributed by atoms with Gasteiger partial charge in [-0.05, 0) is 24.3 Å². The van der Waals surface area contributed by atoms with Gasteiger partial charge in [-0.25, -0.2) is 4.79 Å². The Hall–Kier alpha value is -0.770. The van der Waals surface area contributed by atoms with Crippen LogP contribution in [0.5, 0.6) is 0 Å². The van der Waals surface area contributed by atoms with Crippen LogP contribution in [-0.2, 0) is 4.74 Å². The number of nitrogens with two attached hydrogens (primary N) is 1. The van der Waals surface area contributed by atoms with Gasteiger partial charge in [-0.2, -0.15) is 0 Å². The minimum absolute atomic E-state index is 0.0802. The molecular formula is C11H22N2O2. The number of nitrogens with zero attached hydrogens (tertiary/aromatic N) is 1. The molecule has 0 bridgehead atoms. The first-order chi connectivity index (χ1) is 6.97. The second-order valence-corrected chi connectivity index (χ2v) is 5.16. The summed E-state index contributed by atoms with van der Waals surface area (Å²) in [6.45, 7) is 8.78. The summed E-state index contributed by atoms with van der Waals surface area (Å²) in [6.07, 6.45) is 0.779. The zero-order valence-corrected chi connectivity index (χ0v) is 9.95. The van der Waals surface area contributed by atoms with Crippen molar-refractivity contribution in [3.63, 3.8) is 0 Å². The van der Waals surface area contributed by atoms with E-state index in [1.54, 1.807) is 4.90 Å². The first-order valence-electron chi connectivity index (χ1n) is 5.58. The summed E-state index contributed by atoms with van der Waals surface area (Å²) in [5.41, 5.74) is 5.75. The van der Waals surface area contributed by atoms with Gasteiger partial charge in [-0.3, -0.25) is 0 Å². The molecule has 88 valence electrons. The zero-order chi connectivity index (χ0) is 11.5. The lowest BCUT2D eigenvalue weighted by atomic mass is 9.90. The molecule has 1 heterocycles. The van der Waals surface area contributed by atoms with Gasteiger partial charge in [0, 0.05) is 13.1 Å². The molecule has 0 radical (unpaired) electrons. The Morgan fingerprint density at radius 3 is 2.73 bits per heavy atom. The summed E-state index contributed by atoms with van der Waals surface area (Å²) in [4.78, 5) is 13.4. The summed E-state index contributed by atoms with van der Waals surface area (Å²) >= 11 is 0. The Bertz CT molecular complexity index is 231. The topological polar surface area (TPSA) is 55.6 Å². The Kier molecular flexibility index (Phi) is 3.97. The number of likely N-dealkylation sites (tertiary alicyclic amines) is 1. The molecule has 1 aliphatic rings. The van der Waals surface area contributed by atoms with Crippen LogP contribution < -0.4 is 5.73 Å². The van der Waals surface area contributed by atoms with E-state index in [1.165, 1.54) is 0 Å². The Morgan fingerprint density at radius 2 is 2.27 bits per heavy atom. The molecule has 4 heteroatoms. The molecular weight excluding hydrogens is 192 g/mol. The highest BCUT2D eigenvalue weighted by Gasteiger charge is 2.35. The second-order valence-electron chi connectivity index (χ2n) is 5.16. The summed E-state index contributed by atoms with van der Waals surface area (Å²) in [7, 11) is 0. The third kappa shape index (κ3) is 3.38. The molecule has 15 heavy (non-hydrogen) atoms. The number of hydrogen-bond donors (Lipinski definition) is 1. The van der Waals surface area contributed by atoms with Crippen molar-refractivity contribution < 1.29 is 9.53 Å². The fraction of sp³-hybridized carbons (Fsp3) is 0.909. The number of hydrogen-bond acceptors (Lipinski definition) is 3. The van der Waals surface area contributed by atoms with Crippen molar-refractivity contribution in [2.75, 3.05) is 26.2 Å². The lowest BCUT2D eigenvalue weighted by Crippen LogP contribution is -2.35. The molecule has 1 rings (SSSR count). The Balaban J connectivity index is 2.37. The predicted molar refractivity (Wildman–Crippen MR) is 59.5 cm³/mol. The standard InChI is InChI=1S/C11H22N2O2/c1-9(2)6-15-10(14)13-5-4-11(3,7-12)8-13/h9H,4-8,12H2,1-3H3. The minimum atomic E-state index is -0.194. The van der Waals surface area contributed by atoms with Crippen molar-refractivity contribution in [1.29, 1.82) is 0 Å². The maximum absolute atomic E-state index is 11.6. The van der Waals surface area contributed by atoms with Gasteiger partial charge in [-0.15, -0.1) is 0 Å². The SMILES string of the molecule is CC(C)COC(=O)N1CCC(C)(CN)C1. The first kappa shape index (κ1) is 12.3. The summed E-state index contributed by atoms with van der Waals surface area (Å²) in [5.74, 6) is 0.387. The van der Waals surface area contributed by atoms with E-state index in [-0.39, 0.29) is 11.5 Å². The van der Waals surface area contributed by atoms with Crippen LogP contribution >= 0.6 is 0 Å². The number of amides is 1. The monoisotopic (exact) mass is 214 g/mol. The summed E-state index contributed by atoms with van der Waals surface area (Å²) < 4.78 is 5.17. The molecule has 1 fully saturated rings. The molecule has 0 saturated carbocycles. The molecule has 1 saturated heterocycles. The van der Waals surface area contributed by atoms with E-state index < -0.39 is 0 Å². The lowest BCUT2D eigenvalue weighted by molar-refractivity contribution is 0.0962. The van der Waals surface area contributed by atoms with Gasteiger partial charge < -0.3 is 15.4 Å². The van der Waals surface area contributed by atoms with E-state index in [4.69, 9.17) is 10.5 Å². The number of ether oxygens (including phenoxy) is 1. The average molecular weight is 214 g/mol. The summed E-state index contributed by atoms with van der Waals surface area (Å²) in [6, 6.07) is 0. The normalized spacial score (nSPS) is 26.1. The number of carbonyl (C=O) groups excluding carboxylic acids is 1. The molecule has 0 aromatic rings. The van der Waals surface area contributed by atoms with Crippen LogP contribution in [0.1, 0.15) is 27.2 Å². The van der Waals surface area contributed by atoms with Crippen molar-refractivity contribution in [1.82, 2.24) is 4.90 Å². The molecule has 0 aromatic heterocycles. The molecule has 1 unspecified atom stereocenters. The fourth-order valence-electron chi connectivity index (χ4n) is 1.68. The highest BCUT2D eigenvalue weighted by atomic mass is 16.6. The summed E-state index contributed by atoms with van der Waals surface area (Å²) in [5, 5.41) is 0. The van der Waals surface area contributed by atoms with Crippen molar-refractivity contribution >= 4 is 6.09 Å². The third-order valence-corrected chi connectivity index (χ3v) is 2.85. The van der Waals surface area contributed by atoms with E-state index in [0.29, 0.717) is 19.1 Å². The zero-order valence-electron chi connectivity index (χ0n) is 9.95. The highest BCUT2D eigenvalue weighted by molar-refractivity contribution is 5.68. The van der Waals surface area contributed by atoms with Gasteiger partial charge in [0.1, 0.15) is 0 Å². The molecule has 0 aliphatic carbocycles. The minimum Gasteiger partial charge on any atom is -0.449 e. The number of rotatable bonds is 3. The van der Waals surface area contributed by atoms with Gasteiger partial charge in [0.25, 0.3) is 0 Å². The van der Waals surface area contributed by atoms with Crippen molar-refractivity contribution in [2.45, 2.75) is 27.2 Å². The van der Waals surface area contributed by atoms with Gasteiger partial charge in [0.2, 0.25) is 0 Å². The second kappa shape index (κ2) is 4.84. The first-order valence-corrected chi connectivity index (χ1v) is 5.58. The predicted octanol–water partition coefficient (Wildman–Crippen LogP) is 1.45. The number of carbonyl (C=O) groups is 1. The maximum atomic E-state index is 11.6. The van der Waals surface area contributed by atoms with Crippen LogP contribution in [0, 0.1) is 11.3 Å². The van der Waals surface area contributed by atoms with Gasteiger partial charge in [0.05, 0.1) is 6.61 Å². The van der Waals surface area contributed by atoms with Crippen LogP contribution in [0.4, 0.5) is 4.79 Å². The molecule has 1 amide bonds. The fourth-order valence-corrected chi connectivity index (χ4v) is 1.68. The van der Waals surface area contributed by atoms with Crippen LogP contribution in [0.2, 0.25) is 0 Å². The van der Waals surface area contributed by atoms with Crippen molar-refractivity contribution in [3.8, 4) is 0 Å². The smallest absolute Gasteiger partial charge is 0.409 e. The molecule has 4 nitrogen and oxygen atoms in total. The van der Waals surface area contributed by atoms with Gasteiger partial charge in [-0.1, -0.05) is 20.8 Å². The molecule has 2 N–H and O–H groups in total. The van der Waals surface area contributed by atoms with Gasteiger partial charge >= 0.3 is 6.09 Å². The van der Waals surface area contributed by atoms with Crippen LogP contribution in [0.15, 0.2) is 0 Å². The molecule has 1 aliphatic heterocycles. The van der Waals surface area contributed by atoms with Crippen LogP contribution in [-0.4, -0.2) is 37.2 Å².